The summed E-state index contributed by atoms with van der Waals surface area (Å²) in [6, 6.07) is 6.74. The maximum Gasteiger partial charge on any atom is 0.325 e. The number of carboxylic acids is 1. The highest BCUT2D eigenvalue weighted by Crippen LogP contribution is 2.22. The molecule has 1 amide bonds. The molecular weight excluding hydrogens is 296 g/mol. The molecule has 0 aromatic heterocycles. The highest BCUT2D eigenvalue weighted by molar-refractivity contribution is 6.30. The van der Waals surface area contributed by atoms with E-state index in [0.29, 0.717) is 17.3 Å². The topological polar surface area (TPSA) is 92.9 Å². The molecule has 0 saturated carbocycles. The molecular formula is C14H17ClN2O4. The van der Waals surface area contributed by atoms with E-state index >= 15 is 0 Å². The molecule has 0 bridgehead atoms. The van der Waals surface area contributed by atoms with Crippen LogP contribution in [0.15, 0.2) is 24.3 Å². The summed E-state index contributed by atoms with van der Waals surface area (Å²) < 4.78 is 5.53. The minimum Gasteiger partial charge on any atom is -0.481 e. The first-order valence-corrected chi connectivity index (χ1v) is 6.93. The maximum atomic E-state index is 12.3. The second-order valence-corrected chi connectivity index (χ2v) is 5.62. The number of nitrogens with two attached hydrogens (primary N) is 1. The van der Waals surface area contributed by atoms with Gasteiger partial charge in [-0.25, -0.2) is 0 Å². The second kappa shape index (κ2) is 5.91. The fourth-order valence-corrected chi connectivity index (χ4v) is 2.43. The average molecular weight is 313 g/mol. The van der Waals surface area contributed by atoms with Crippen molar-refractivity contribution in [3.05, 3.63) is 29.3 Å². The van der Waals surface area contributed by atoms with Gasteiger partial charge in [0.25, 0.3) is 5.91 Å². The number of hydrogen-bond donors (Lipinski definition) is 2. The Morgan fingerprint density at radius 3 is 2.81 bits per heavy atom. The number of carbonyl (C=O) groups excluding carboxylic acids is 1. The Balaban J connectivity index is 1.99. The van der Waals surface area contributed by atoms with Crippen LogP contribution in [0.5, 0.6) is 5.75 Å². The quantitative estimate of drug-likeness (QED) is 0.869. The summed E-state index contributed by atoms with van der Waals surface area (Å²) in [5, 5.41) is 9.58. The molecule has 1 aliphatic rings. The number of aliphatic carboxylic acids is 1. The molecule has 1 saturated heterocycles. The van der Waals surface area contributed by atoms with E-state index in [1.54, 1.807) is 31.2 Å². The summed E-state index contributed by atoms with van der Waals surface area (Å²) in [6.07, 6.45) is -0.502. The van der Waals surface area contributed by atoms with Crippen LogP contribution in [0.3, 0.4) is 0 Å². The van der Waals surface area contributed by atoms with Crippen LogP contribution in [-0.4, -0.2) is 46.6 Å². The largest absolute Gasteiger partial charge is 0.481 e. The monoisotopic (exact) mass is 312 g/mol. The molecule has 0 aliphatic carbocycles. The summed E-state index contributed by atoms with van der Waals surface area (Å²) in [4.78, 5) is 24.8. The second-order valence-electron chi connectivity index (χ2n) is 5.19. The van der Waals surface area contributed by atoms with Gasteiger partial charge in [-0.2, -0.15) is 0 Å². The third-order valence-corrected chi connectivity index (χ3v) is 3.73. The van der Waals surface area contributed by atoms with Crippen LogP contribution in [0.25, 0.3) is 0 Å². The molecule has 1 aromatic carbocycles. The molecule has 21 heavy (non-hydrogen) atoms. The Morgan fingerprint density at radius 1 is 1.52 bits per heavy atom. The van der Waals surface area contributed by atoms with Crippen molar-refractivity contribution in [1.29, 1.82) is 0 Å². The van der Waals surface area contributed by atoms with Crippen LogP contribution in [-0.2, 0) is 9.59 Å². The third kappa shape index (κ3) is 3.46. The summed E-state index contributed by atoms with van der Waals surface area (Å²) >= 11 is 5.85. The number of carboxylic acid groups (broad SMARTS) is 1. The lowest BCUT2D eigenvalue weighted by Crippen LogP contribution is -2.51. The van der Waals surface area contributed by atoms with Gasteiger partial charge in [-0.1, -0.05) is 17.7 Å². The van der Waals surface area contributed by atoms with Gasteiger partial charge in [0.15, 0.2) is 6.10 Å². The van der Waals surface area contributed by atoms with Gasteiger partial charge in [-0.05, 0) is 31.5 Å². The van der Waals surface area contributed by atoms with Crippen LogP contribution >= 0.6 is 11.6 Å². The van der Waals surface area contributed by atoms with Crippen molar-refractivity contribution in [2.75, 3.05) is 13.1 Å². The van der Waals surface area contributed by atoms with E-state index in [0.717, 1.165) is 0 Å². The molecule has 7 heteroatoms. The Morgan fingerprint density at radius 2 is 2.24 bits per heavy atom. The smallest absolute Gasteiger partial charge is 0.325 e. The van der Waals surface area contributed by atoms with E-state index in [1.807, 2.05) is 0 Å². The third-order valence-electron chi connectivity index (χ3n) is 3.50. The van der Waals surface area contributed by atoms with Crippen molar-refractivity contribution in [1.82, 2.24) is 4.90 Å². The first-order valence-electron chi connectivity index (χ1n) is 6.55. The molecule has 3 N–H and O–H groups in total. The Bertz CT molecular complexity index is 566. The number of carbonyl (C=O) groups is 2. The fraction of sp³-hybridized carbons (Fsp3) is 0.429. The molecule has 1 aromatic rings. The Labute approximate surface area is 127 Å². The molecule has 1 aliphatic heterocycles. The summed E-state index contributed by atoms with van der Waals surface area (Å²) in [7, 11) is 0. The van der Waals surface area contributed by atoms with Gasteiger partial charge < -0.3 is 20.5 Å². The zero-order chi connectivity index (χ0) is 15.6. The highest BCUT2D eigenvalue weighted by atomic mass is 35.5. The van der Waals surface area contributed by atoms with Gasteiger partial charge in [0.2, 0.25) is 0 Å². The lowest BCUT2D eigenvalue weighted by Gasteiger charge is -2.23. The zero-order valence-electron chi connectivity index (χ0n) is 11.6. The van der Waals surface area contributed by atoms with Gasteiger partial charge in [-0.15, -0.1) is 0 Å². The minimum absolute atomic E-state index is 0.00951. The van der Waals surface area contributed by atoms with Crippen molar-refractivity contribution in [2.24, 2.45) is 5.73 Å². The lowest BCUT2D eigenvalue weighted by molar-refractivity contribution is -0.143. The number of likely N-dealkylation sites (tertiary alicyclic amines) is 1. The first kappa shape index (κ1) is 15.6. The average Bonchev–Trinajstić information content (AvgIpc) is 2.82. The summed E-state index contributed by atoms with van der Waals surface area (Å²) in [6.45, 7) is 1.91. The predicted octanol–water partition coefficient (Wildman–Crippen LogP) is 1.12. The number of benzene rings is 1. The SMILES string of the molecule is CC(Oc1cccc(Cl)c1)C(=O)N1CCC(N)(C(=O)O)C1. The van der Waals surface area contributed by atoms with Gasteiger partial charge in [-0.3, -0.25) is 9.59 Å². The zero-order valence-corrected chi connectivity index (χ0v) is 12.3. The Kier molecular flexibility index (Phi) is 4.39. The molecule has 114 valence electrons. The van der Waals surface area contributed by atoms with Crippen LogP contribution in [0.1, 0.15) is 13.3 Å². The predicted molar refractivity (Wildman–Crippen MR) is 77.3 cm³/mol. The van der Waals surface area contributed by atoms with Gasteiger partial charge in [0.05, 0.1) is 0 Å². The lowest BCUT2D eigenvalue weighted by atomic mass is 10.0. The van der Waals surface area contributed by atoms with E-state index in [9.17, 15) is 9.59 Å². The van der Waals surface area contributed by atoms with Crippen molar-refractivity contribution in [3.63, 3.8) is 0 Å². The van der Waals surface area contributed by atoms with Gasteiger partial charge in [0, 0.05) is 18.1 Å². The Hall–Kier alpha value is -1.79. The van der Waals surface area contributed by atoms with E-state index in [1.165, 1.54) is 4.90 Å². The number of halogens is 1. The van der Waals surface area contributed by atoms with E-state index in [4.69, 9.17) is 27.2 Å². The fourth-order valence-electron chi connectivity index (χ4n) is 2.25. The molecule has 1 fully saturated rings. The summed E-state index contributed by atoms with van der Waals surface area (Å²) in [5.41, 5.74) is 4.38. The number of ether oxygens (including phenoxy) is 1. The van der Waals surface area contributed by atoms with Gasteiger partial charge in [0.1, 0.15) is 11.3 Å². The van der Waals surface area contributed by atoms with Gasteiger partial charge >= 0.3 is 5.97 Å². The number of nitrogens with zero attached hydrogens (tertiary/aromatic N) is 1. The number of amides is 1. The molecule has 2 unspecified atom stereocenters. The van der Waals surface area contributed by atoms with Crippen LogP contribution in [0, 0.1) is 0 Å². The van der Waals surface area contributed by atoms with E-state index in [2.05, 4.69) is 0 Å². The minimum atomic E-state index is -1.37. The molecule has 0 radical (unpaired) electrons. The van der Waals surface area contributed by atoms with Crippen LogP contribution in [0.2, 0.25) is 5.02 Å². The first-order chi connectivity index (χ1) is 9.82. The molecule has 0 spiro atoms. The molecule has 1 heterocycles. The molecule has 2 atom stereocenters. The van der Waals surface area contributed by atoms with Crippen molar-refractivity contribution in [3.8, 4) is 5.75 Å². The van der Waals surface area contributed by atoms with Crippen molar-refractivity contribution < 1.29 is 19.4 Å². The normalized spacial score (nSPS) is 22.9. The van der Waals surface area contributed by atoms with E-state index in [-0.39, 0.29) is 18.9 Å². The van der Waals surface area contributed by atoms with Crippen molar-refractivity contribution >= 4 is 23.5 Å². The van der Waals surface area contributed by atoms with E-state index < -0.39 is 17.6 Å². The maximum absolute atomic E-state index is 12.3. The standard InChI is InChI=1S/C14H17ClN2O4/c1-9(21-11-4-2-3-10(15)7-11)12(18)17-6-5-14(16,8-17)13(19)20/h2-4,7,9H,5-6,8,16H2,1H3,(H,19,20). The highest BCUT2D eigenvalue weighted by Gasteiger charge is 2.43. The van der Waals surface area contributed by atoms with Crippen LogP contribution < -0.4 is 10.5 Å². The summed E-state index contributed by atoms with van der Waals surface area (Å²) in [5.74, 6) is -0.899. The van der Waals surface area contributed by atoms with Crippen molar-refractivity contribution in [2.45, 2.75) is 25.0 Å². The molecule has 2 rings (SSSR count). The van der Waals surface area contributed by atoms with Crippen LogP contribution in [0.4, 0.5) is 0 Å². The number of hydrogen-bond acceptors (Lipinski definition) is 4. The molecule has 6 nitrogen and oxygen atoms in total. The number of rotatable bonds is 4.